The molecule has 1 aliphatic rings. The van der Waals surface area contributed by atoms with Gasteiger partial charge in [-0.3, -0.25) is 4.99 Å². The quantitative estimate of drug-likeness (QED) is 0.703. The molecule has 5 nitrogen and oxygen atoms in total. The molecule has 0 aliphatic carbocycles. The highest BCUT2D eigenvalue weighted by Gasteiger charge is 2.23. The summed E-state index contributed by atoms with van der Waals surface area (Å²) in [6.45, 7) is 1.12. The topological polar surface area (TPSA) is 63.3 Å². The molecular weight excluding hydrogens is 385 g/mol. The number of aromatic hydroxyl groups is 1. The maximum Gasteiger partial charge on any atom is 0.175 e. The van der Waals surface area contributed by atoms with E-state index in [4.69, 9.17) is 23.2 Å². The molecule has 0 amide bonds. The normalized spacial score (nSPS) is 13.1. The van der Waals surface area contributed by atoms with Crippen LogP contribution in [0.3, 0.4) is 0 Å². The third-order valence-corrected chi connectivity index (χ3v) is 4.67. The summed E-state index contributed by atoms with van der Waals surface area (Å²) in [5.41, 5.74) is -0.276. The number of aliphatic imine (C=N–C) groups is 1. The zero-order chi connectivity index (χ0) is 18.4. The second-order valence-corrected chi connectivity index (χ2v) is 6.45. The number of halogens is 4. The average Bonchev–Trinajstić information content (AvgIpc) is 3.04. The lowest BCUT2D eigenvalue weighted by atomic mass is 10.0. The molecule has 0 saturated heterocycles. The van der Waals surface area contributed by atoms with E-state index < -0.39 is 17.4 Å². The van der Waals surface area contributed by atoms with Gasteiger partial charge in [0.1, 0.15) is 17.4 Å². The molecule has 132 valence electrons. The fourth-order valence-corrected chi connectivity index (χ4v) is 3.33. The third kappa shape index (κ3) is 2.64. The van der Waals surface area contributed by atoms with Crippen molar-refractivity contribution in [2.24, 2.45) is 4.99 Å². The Hall–Kier alpha value is -2.51. The predicted octanol–water partition coefficient (Wildman–Crippen LogP) is 4.34. The van der Waals surface area contributed by atoms with E-state index in [0.717, 1.165) is 6.07 Å². The molecule has 3 aromatic rings. The number of fused-ring (bicyclic) bond motifs is 1. The molecule has 1 aromatic heterocycles. The highest BCUT2D eigenvalue weighted by atomic mass is 35.5. The van der Waals surface area contributed by atoms with Crippen molar-refractivity contribution in [3.63, 3.8) is 0 Å². The first-order chi connectivity index (χ1) is 12.5. The minimum absolute atomic E-state index is 0.0849. The Bertz CT molecular complexity index is 1040. The summed E-state index contributed by atoms with van der Waals surface area (Å²) < 4.78 is 30.8. The summed E-state index contributed by atoms with van der Waals surface area (Å²) >= 11 is 12.0. The summed E-state index contributed by atoms with van der Waals surface area (Å²) in [6.07, 6.45) is 1.59. The fraction of sp³-hybridized carbons (Fsp3) is 0.118. The third-order valence-electron chi connectivity index (χ3n) is 4.07. The van der Waals surface area contributed by atoms with Crippen LogP contribution in [-0.4, -0.2) is 32.6 Å². The molecule has 26 heavy (non-hydrogen) atoms. The molecule has 0 unspecified atom stereocenters. The highest BCUT2D eigenvalue weighted by molar-refractivity contribution is 6.35. The van der Waals surface area contributed by atoms with Crippen molar-refractivity contribution >= 4 is 29.4 Å². The molecule has 0 atom stereocenters. The van der Waals surface area contributed by atoms with Crippen LogP contribution >= 0.6 is 23.2 Å². The van der Waals surface area contributed by atoms with Gasteiger partial charge in [0, 0.05) is 17.7 Å². The van der Waals surface area contributed by atoms with Gasteiger partial charge in [-0.15, -0.1) is 10.2 Å². The Morgan fingerprint density at radius 2 is 1.81 bits per heavy atom. The number of aromatic nitrogens is 3. The first kappa shape index (κ1) is 16.9. The van der Waals surface area contributed by atoms with Crippen LogP contribution in [0.5, 0.6) is 5.75 Å². The number of hydrogen-bond acceptors (Lipinski definition) is 4. The highest BCUT2D eigenvalue weighted by Crippen LogP contribution is 2.43. The van der Waals surface area contributed by atoms with Gasteiger partial charge in [0.05, 0.1) is 28.4 Å². The Morgan fingerprint density at radius 3 is 2.58 bits per heavy atom. The van der Waals surface area contributed by atoms with E-state index in [9.17, 15) is 13.9 Å². The van der Waals surface area contributed by atoms with E-state index in [0.29, 0.717) is 30.3 Å². The van der Waals surface area contributed by atoms with Gasteiger partial charge in [-0.2, -0.15) is 0 Å². The van der Waals surface area contributed by atoms with E-state index in [2.05, 4.69) is 15.2 Å². The average molecular weight is 395 g/mol. The van der Waals surface area contributed by atoms with Crippen molar-refractivity contribution in [2.45, 2.75) is 6.54 Å². The lowest BCUT2D eigenvalue weighted by molar-refractivity contribution is 0.471. The molecule has 2 heterocycles. The van der Waals surface area contributed by atoms with Crippen LogP contribution in [0.2, 0.25) is 10.0 Å². The Morgan fingerprint density at radius 1 is 1.00 bits per heavy atom. The van der Waals surface area contributed by atoms with Crippen molar-refractivity contribution < 1.29 is 13.9 Å². The number of rotatable bonds is 2. The number of phenols is 1. The molecular formula is C17H10Cl2F2N4O. The largest absolute Gasteiger partial charge is 0.506 e. The van der Waals surface area contributed by atoms with E-state index >= 15 is 0 Å². The van der Waals surface area contributed by atoms with Crippen LogP contribution in [0.25, 0.3) is 22.5 Å². The summed E-state index contributed by atoms with van der Waals surface area (Å²) in [4.78, 5) is 4.11. The van der Waals surface area contributed by atoms with Crippen LogP contribution in [-0.2, 0) is 6.54 Å². The van der Waals surface area contributed by atoms with E-state index in [-0.39, 0.29) is 21.2 Å². The number of hydrogen-bond donors (Lipinski definition) is 1. The van der Waals surface area contributed by atoms with Gasteiger partial charge >= 0.3 is 0 Å². The molecule has 0 spiro atoms. The summed E-state index contributed by atoms with van der Waals surface area (Å²) in [5, 5.41) is 17.9. The molecule has 0 saturated carbocycles. The van der Waals surface area contributed by atoms with Crippen LogP contribution in [0.1, 0.15) is 5.82 Å². The van der Waals surface area contributed by atoms with E-state index in [1.165, 1.54) is 18.2 Å². The van der Waals surface area contributed by atoms with Gasteiger partial charge in [-0.25, -0.2) is 8.78 Å². The minimum atomic E-state index is -0.837. The smallest absolute Gasteiger partial charge is 0.175 e. The Labute approximate surface area is 156 Å². The molecule has 0 fully saturated rings. The minimum Gasteiger partial charge on any atom is -0.506 e. The summed E-state index contributed by atoms with van der Waals surface area (Å²) in [5.74, 6) is -1.24. The van der Waals surface area contributed by atoms with Crippen molar-refractivity contribution in [3.8, 4) is 28.3 Å². The van der Waals surface area contributed by atoms with Gasteiger partial charge in [0.25, 0.3) is 0 Å². The van der Waals surface area contributed by atoms with Crippen LogP contribution < -0.4 is 0 Å². The van der Waals surface area contributed by atoms with Gasteiger partial charge in [-0.05, 0) is 24.3 Å². The number of phenolic OH excluding ortho intramolecular Hbond substituents is 1. The van der Waals surface area contributed by atoms with Crippen LogP contribution in [0, 0.1) is 11.6 Å². The lowest BCUT2D eigenvalue weighted by Crippen LogP contribution is -2.12. The zero-order valence-corrected chi connectivity index (χ0v) is 14.6. The van der Waals surface area contributed by atoms with Crippen LogP contribution in [0.15, 0.2) is 29.3 Å². The summed E-state index contributed by atoms with van der Waals surface area (Å²) in [7, 11) is 0. The Balaban J connectivity index is 1.89. The van der Waals surface area contributed by atoms with Gasteiger partial charge in [0.2, 0.25) is 0 Å². The Kier molecular flexibility index (Phi) is 4.13. The molecule has 0 bridgehead atoms. The monoisotopic (exact) mass is 394 g/mol. The predicted molar refractivity (Wildman–Crippen MR) is 95.0 cm³/mol. The van der Waals surface area contributed by atoms with E-state index in [1.54, 1.807) is 10.8 Å². The zero-order valence-electron chi connectivity index (χ0n) is 13.0. The van der Waals surface area contributed by atoms with Gasteiger partial charge < -0.3 is 9.67 Å². The SMILES string of the molecule is Oc1c(Cl)ccc(F)c1-c1c(F)cc(-c2nnc3n2CCN=C3)cc1Cl. The second kappa shape index (κ2) is 6.34. The molecule has 1 aliphatic heterocycles. The molecule has 4 rings (SSSR count). The molecule has 1 N–H and O–H groups in total. The first-order valence-electron chi connectivity index (χ1n) is 7.57. The van der Waals surface area contributed by atoms with Crippen LogP contribution in [0.4, 0.5) is 8.78 Å². The van der Waals surface area contributed by atoms with Gasteiger partial charge in [0.15, 0.2) is 11.6 Å². The maximum atomic E-state index is 14.8. The van der Waals surface area contributed by atoms with Crippen molar-refractivity contribution in [3.05, 3.63) is 51.8 Å². The molecule has 0 radical (unpaired) electrons. The molecule has 9 heteroatoms. The van der Waals surface area contributed by atoms with Crippen molar-refractivity contribution in [2.75, 3.05) is 6.54 Å². The second-order valence-electron chi connectivity index (χ2n) is 5.64. The van der Waals surface area contributed by atoms with Crippen molar-refractivity contribution in [1.82, 2.24) is 14.8 Å². The van der Waals surface area contributed by atoms with Gasteiger partial charge in [-0.1, -0.05) is 23.2 Å². The molecule has 2 aromatic carbocycles. The summed E-state index contributed by atoms with van der Waals surface area (Å²) in [6, 6.07) is 4.84. The van der Waals surface area contributed by atoms with Crippen molar-refractivity contribution in [1.29, 1.82) is 0 Å². The maximum absolute atomic E-state index is 14.8. The van der Waals surface area contributed by atoms with E-state index in [1.807, 2.05) is 0 Å². The lowest BCUT2D eigenvalue weighted by Gasteiger charge is -2.14. The fourth-order valence-electron chi connectivity index (χ4n) is 2.87. The number of nitrogens with zero attached hydrogens (tertiary/aromatic N) is 4. The first-order valence-corrected chi connectivity index (χ1v) is 8.32. The standard InChI is InChI=1S/C17H10Cl2F2N4O/c18-9-1-2-11(20)15(16(9)26)14-10(19)5-8(6-12(14)21)17-24-23-13-7-22-3-4-25(13)17/h1-2,5-7,26H,3-4H2. The number of benzene rings is 2.